The van der Waals surface area contributed by atoms with Crippen molar-refractivity contribution in [1.82, 2.24) is 10.2 Å². The molecule has 0 aliphatic carbocycles. The number of rotatable bonds is 8. The lowest BCUT2D eigenvalue weighted by molar-refractivity contribution is 0.0953. The maximum atomic E-state index is 13.3. The number of nitrogens with zero attached hydrogens (tertiary/aromatic N) is 2. The molecule has 194 valence electrons. The fraction of sp³-hybridized carbons (Fsp3) is 0.400. The molecule has 3 rings (SSSR count). The summed E-state index contributed by atoms with van der Waals surface area (Å²) in [7, 11) is -2.18. The number of carbonyl (C=O) groups excluding carboxylic acids is 2. The molecule has 9 nitrogen and oxygen atoms in total. The van der Waals surface area contributed by atoms with Gasteiger partial charge in [-0.2, -0.15) is 12.4 Å². The molecule has 2 aromatic carbocycles. The molecule has 1 aliphatic heterocycles. The van der Waals surface area contributed by atoms with Gasteiger partial charge in [0, 0.05) is 30.3 Å². The lowest BCUT2D eigenvalue weighted by Gasteiger charge is -2.23. The second kappa shape index (κ2) is 10.6. The smallest absolute Gasteiger partial charge is 0.306 e. The molecule has 2 aromatic rings. The Hall–Kier alpha value is -2.92. The van der Waals surface area contributed by atoms with Crippen molar-refractivity contribution < 1.29 is 26.9 Å². The quantitative estimate of drug-likeness (QED) is 0.373. The van der Waals surface area contributed by atoms with Crippen LogP contribution in [0.3, 0.4) is 0 Å². The second-order valence-corrected chi connectivity index (χ2v) is 11.4. The van der Waals surface area contributed by atoms with Gasteiger partial charge in [0.2, 0.25) is 0 Å². The Kier molecular flexibility index (Phi) is 8.14. The van der Waals surface area contributed by atoms with E-state index in [0.29, 0.717) is 41.4 Å². The first-order chi connectivity index (χ1) is 16.8. The Morgan fingerprint density at radius 2 is 1.86 bits per heavy atom. The summed E-state index contributed by atoms with van der Waals surface area (Å²) in [6.07, 6.45) is 0.983. The highest BCUT2D eigenvalue weighted by molar-refractivity contribution is 9.08. The van der Waals surface area contributed by atoms with Gasteiger partial charge < -0.3 is 19.1 Å². The van der Waals surface area contributed by atoms with E-state index in [1.54, 1.807) is 31.3 Å². The molecule has 0 bridgehead atoms. The van der Waals surface area contributed by atoms with Gasteiger partial charge in [-0.3, -0.25) is 9.59 Å². The predicted molar refractivity (Wildman–Crippen MR) is 142 cm³/mol. The standard InChI is InChI=1S/C25H30BrN3O6S/c1-7-34-22-11-16-13-29(23(28-26)17(16)12-18(22)24(31)27-5)14-20(30)15-8-9-21(35-36(6,32)33)19(10-15)25(2,3)4/h8-12H,7,13-14H2,1-6H3,(H,27,31). The summed E-state index contributed by atoms with van der Waals surface area (Å²) in [6.45, 7) is 8.42. The zero-order chi connectivity index (χ0) is 26.8. The largest absolute Gasteiger partial charge is 0.493 e. The summed E-state index contributed by atoms with van der Waals surface area (Å²) in [5, 5.41) is 2.62. The molecule has 11 heteroatoms. The summed E-state index contributed by atoms with van der Waals surface area (Å²) >= 11 is 3.17. The van der Waals surface area contributed by atoms with Gasteiger partial charge in [0.05, 0.1) is 41.1 Å². The van der Waals surface area contributed by atoms with E-state index in [2.05, 4.69) is 25.5 Å². The number of amides is 1. The van der Waals surface area contributed by atoms with E-state index in [9.17, 15) is 18.0 Å². The minimum Gasteiger partial charge on any atom is -0.493 e. The number of hydrogen-bond acceptors (Lipinski definition) is 7. The number of benzene rings is 2. The van der Waals surface area contributed by atoms with Crippen LogP contribution in [0.5, 0.6) is 11.5 Å². The van der Waals surface area contributed by atoms with Crippen molar-refractivity contribution in [2.75, 3.05) is 26.5 Å². The van der Waals surface area contributed by atoms with Gasteiger partial charge >= 0.3 is 10.1 Å². The van der Waals surface area contributed by atoms with Crippen LogP contribution in [-0.2, 0) is 22.1 Å². The van der Waals surface area contributed by atoms with E-state index in [4.69, 9.17) is 8.92 Å². The first-order valence-corrected chi connectivity index (χ1v) is 13.8. The predicted octanol–water partition coefficient (Wildman–Crippen LogP) is 3.84. The van der Waals surface area contributed by atoms with Gasteiger partial charge in [0.15, 0.2) is 5.78 Å². The third-order valence-corrected chi connectivity index (χ3v) is 6.46. The molecule has 0 atom stereocenters. The maximum absolute atomic E-state index is 13.3. The fourth-order valence-corrected chi connectivity index (χ4v) is 4.91. The van der Waals surface area contributed by atoms with Crippen LogP contribution >= 0.6 is 16.1 Å². The molecular weight excluding hydrogens is 550 g/mol. The van der Waals surface area contributed by atoms with Crippen molar-refractivity contribution in [3.05, 3.63) is 58.1 Å². The van der Waals surface area contributed by atoms with Gasteiger partial charge in [-0.05, 0) is 48.2 Å². The van der Waals surface area contributed by atoms with Crippen LogP contribution in [0.4, 0.5) is 0 Å². The van der Waals surface area contributed by atoms with E-state index in [0.717, 1.165) is 17.4 Å². The molecule has 0 aromatic heterocycles. The van der Waals surface area contributed by atoms with Gasteiger partial charge in [-0.25, -0.2) is 0 Å². The number of carbonyl (C=O) groups is 2. The minimum absolute atomic E-state index is 0.0221. The highest BCUT2D eigenvalue weighted by Gasteiger charge is 2.31. The molecule has 36 heavy (non-hydrogen) atoms. The third-order valence-electron chi connectivity index (χ3n) is 5.64. The summed E-state index contributed by atoms with van der Waals surface area (Å²) < 4.78 is 38.5. The van der Waals surface area contributed by atoms with Crippen LogP contribution in [0, 0.1) is 0 Å². The number of hydrogen-bond donors (Lipinski definition) is 1. The topological polar surface area (TPSA) is 114 Å². The van der Waals surface area contributed by atoms with Crippen LogP contribution in [0.15, 0.2) is 34.4 Å². The molecule has 1 heterocycles. The Labute approximate surface area is 220 Å². The highest BCUT2D eigenvalue weighted by Crippen LogP contribution is 2.34. The van der Waals surface area contributed by atoms with E-state index < -0.39 is 15.5 Å². The van der Waals surface area contributed by atoms with E-state index in [-0.39, 0.29) is 24.0 Å². The zero-order valence-electron chi connectivity index (χ0n) is 21.1. The lowest BCUT2D eigenvalue weighted by Crippen LogP contribution is -2.31. The Morgan fingerprint density at radius 1 is 1.17 bits per heavy atom. The lowest BCUT2D eigenvalue weighted by atomic mass is 9.85. The third kappa shape index (κ3) is 6.07. The van der Waals surface area contributed by atoms with Crippen LogP contribution in [0.25, 0.3) is 0 Å². The summed E-state index contributed by atoms with van der Waals surface area (Å²) in [5.74, 6) is 0.733. The van der Waals surface area contributed by atoms with E-state index >= 15 is 0 Å². The van der Waals surface area contributed by atoms with Crippen molar-refractivity contribution in [2.45, 2.75) is 39.7 Å². The molecule has 1 amide bonds. The van der Waals surface area contributed by atoms with Gasteiger partial charge in [-0.15, -0.1) is 0 Å². The summed E-state index contributed by atoms with van der Waals surface area (Å²) in [6, 6.07) is 8.27. The molecule has 1 N–H and O–H groups in total. The molecule has 1 aliphatic rings. The van der Waals surface area contributed by atoms with Crippen LogP contribution in [0.1, 0.15) is 65.1 Å². The average molecular weight is 581 g/mol. The average Bonchev–Trinajstić information content (AvgIpc) is 3.12. The Balaban J connectivity index is 1.93. The van der Waals surface area contributed by atoms with Crippen LogP contribution in [-0.4, -0.2) is 57.3 Å². The second-order valence-electron chi connectivity index (χ2n) is 9.45. The Bertz CT molecular complexity index is 1330. The van der Waals surface area contributed by atoms with Gasteiger partial charge in [0.1, 0.15) is 17.3 Å². The molecule has 0 saturated heterocycles. The zero-order valence-corrected chi connectivity index (χ0v) is 23.5. The fourth-order valence-electron chi connectivity index (χ4n) is 4.02. The van der Waals surface area contributed by atoms with Crippen molar-refractivity contribution in [3.63, 3.8) is 0 Å². The number of fused-ring (bicyclic) bond motifs is 1. The van der Waals surface area contributed by atoms with Gasteiger partial charge in [0.25, 0.3) is 5.91 Å². The van der Waals surface area contributed by atoms with E-state index in [1.165, 1.54) is 6.07 Å². The number of ketones is 1. The van der Waals surface area contributed by atoms with Crippen LogP contribution < -0.4 is 14.2 Å². The van der Waals surface area contributed by atoms with Crippen molar-refractivity contribution in [2.24, 2.45) is 4.02 Å². The minimum atomic E-state index is -3.73. The monoisotopic (exact) mass is 579 g/mol. The first-order valence-electron chi connectivity index (χ1n) is 11.3. The number of halogens is 1. The van der Waals surface area contributed by atoms with E-state index in [1.807, 2.05) is 32.6 Å². The maximum Gasteiger partial charge on any atom is 0.306 e. The molecule has 0 saturated carbocycles. The van der Waals surface area contributed by atoms with Gasteiger partial charge in [-0.1, -0.05) is 20.8 Å². The molecule has 0 radical (unpaired) electrons. The van der Waals surface area contributed by atoms with Crippen molar-refractivity contribution >= 4 is 43.8 Å². The number of nitrogens with one attached hydrogen (secondary N) is 1. The normalized spacial score (nSPS) is 14.5. The number of ether oxygens (including phenoxy) is 1. The van der Waals surface area contributed by atoms with Crippen molar-refractivity contribution in [3.8, 4) is 11.5 Å². The Morgan fingerprint density at radius 3 is 2.42 bits per heavy atom. The molecule has 0 spiro atoms. The number of Topliss-reactive ketones (excluding diaryl/α,β-unsaturated/α-hetero) is 1. The molecule has 0 fully saturated rings. The van der Waals surface area contributed by atoms with Crippen molar-refractivity contribution in [1.29, 1.82) is 0 Å². The molecule has 0 unspecified atom stereocenters. The first kappa shape index (κ1) is 27.7. The summed E-state index contributed by atoms with van der Waals surface area (Å²) in [5.41, 5.74) is 2.56. The summed E-state index contributed by atoms with van der Waals surface area (Å²) in [4.78, 5) is 27.5. The molecular formula is C25H30BrN3O6S. The highest BCUT2D eigenvalue weighted by atomic mass is 79.9. The van der Waals surface area contributed by atoms with Crippen LogP contribution in [0.2, 0.25) is 0 Å². The SMILES string of the molecule is CCOc1cc2c(cc1C(=O)NC)C(=NBr)N(CC(=O)c1ccc(OS(C)(=O)=O)c(C(C)(C)C)c1)C2. The number of amidine groups is 1.